The van der Waals surface area contributed by atoms with E-state index in [1.54, 1.807) is 4.52 Å². The number of nitrogens with zero attached hydrogens (tertiary/aromatic N) is 8. The summed E-state index contributed by atoms with van der Waals surface area (Å²) in [4.78, 5) is 10.9. The molecule has 5 rings (SSSR count). The van der Waals surface area contributed by atoms with Crippen molar-refractivity contribution < 1.29 is 0 Å². The smallest absolute Gasteiger partial charge is 0.254 e. The summed E-state index contributed by atoms with van der Waals surface area (Å²) in [5.74, 6) is 3.47. The molecule has 3 aromatic heterocycles. The van der Waals surface area contributed by atoms with E-state index >= 15 is 0 Å². The van der Waals surface area contributed by atoms with Crippen molar-refractivity contribution in [1.82, 2.24) is 34.3 Å². The highest BCUT2D eigenvalue weighted by Crippen LogP contribution is 2.25. The van der Waals surface area contributed by atoms with Gasteiger partial charge in [-0.3, -0.25) is 0 Å². The Morgan fingerprint density at radius 3 is 2.80 bits per heavy atom. The van der Waals surface area contributed by atoms with Crippen molar-refractivity contribution in [3.63, 3.8) is 0 Å². The molecular weight excluding hydrogens is 316 g/mol. The second kappa shape index (κ2) is 5.37. The van der Waals surface area contributed by atoms with Gasteiger partial charge in [0.2, 0.25) is 0 Å². The first-order valence-electron chi connectivity index (χ1n) is 8.19. The van der Waals surface area contributed by atoms with E-state index in [0.717, 1.165) is 41.8 Å². The van der Waals surface area contributed by atoms with Crippen LogP contribution in [-0.4, -0.2) is 40.9 Å². The number of anilines is 1. The average molecular weight is 332 g/mol. The predicted molar refractivity (Wildman–Crippen MR) is 92.0 cm³/mol. The first-order valence-corrected chi connectivity index (χ1v) is 8.19. The van der Waals surface area contributed by atoms with E-state index in [9.17, 15) is 0 Å². The number of benzene rings is 1. The topological polar surface area (TPSA) is 77.0 Å². The van der Waals surface area contributed by atoms with Crippen LogP contribution in [-0.2, 0) is 13.1 Å². The maximum absolute atomic E-state index is 4.41. The first kappa shape index (κ1) is 14.1. The molecule has 0 aliphatic carbocycles. The standard InChI is InChI=1S/C17H16N8/c1-12-9-15(25-17(20-12)18-11-19-25)23-7-8-24-14(10-23)21-22-16(24)13-5-3-2-4-6-13/h2-6,9,11H,7-8,10H2,1H3. The van der Waals surface area contributed by atoms with Gasteiger partial charge in [-0.15, -0.1) is 10.2 Å². The summed E-state index contributed by atoms with van der Waals surface area (Å²) >= 11 is 0. The van der Waals surface area contributed by atoms with Gasteiger partial charge in [-0.2, -0.15) is 14.6 Å². The summed E-state index contributed by atoms with van der Waals surface area (Å²) in [7, 11) is 0. The lowest BCUT2D eigenvalue weighted by Gasteiger charge is -2.29. The zero-order valence-electron chi connectivity index (χ0n) is 13.7. The molecule has 4 aromatic rings. The Labute approximate surface area is 143 Å². The fourth-order valence-corrected chi connectivity index (χ4v) is 3.29. The van der Waals surface area contributed by atoms with Gasteiger partial charge in [-0.05, 0) is 6.92 Å². The van der Waals surface area contributed by atoms with Crippen molar-refractivity contribution in [2.75, 3.05) is 11.4 Å². The van der Waals surface area contributed by atoms with Crippen LogP contribution in [0.5, 0.6) is 0 Å². The third-order valence-electron chi connectivity index (χ3n) is 4.47. The van der Waals surface area contributed by atoms with Gasteiger partial charge in [-0.25, -0.2) is 4.98 Å². The Bertz CT molecular complexity index is 1050. The Morgan fingerprint density at radius 1 is 1.04 bits per heavy atom. The Morgan fingerprint density at radius 2 is 1.92 bits per heavy atom. The van der Waals surface area contributed by atoms with Crippen molar-refractivity contribution in [2.45, 2.75) is 20.0 Å². The Kier molecular flexibility index (Phi) is 3.03. The largest absolute Gasteiger partial charge is 0.347 e. The highest BCUT2D eigenvalue weighted by atomic mass is 15.4. The Balaban J connectivity index is 1.53. The molecule has 1 aliphatic heterocycles. The maximum Gasteiger partial charge on any atom is 0.254 e. The number of rotatable bonds is 2. The first-order chi connectivity index (χ1) is 12.3. The molecule has 8 heteroatoms. The van der Waals surface area contributed by atoms with Crippen LogP contribution in [0, 0.1) is 6.92 Å². The zero-order chi connectivity index (χ0) is 16.8. The molecule has 0 saturated carbocycles. The van der Waals surface area contributed by atoms with Crippen molar-refractivity contribution in [2.24, 2.45) is 0 Å². The van der Waals surface area contributed by atoms with Crippen molar-refractivity contribution >= 4 is 11.6 Å². The number of aromatic nitrogens is 7. The molecule has 0 fully saturated rings. The summed E-state index contributed by atoms with van der Waals surface area (Å²) in [6.07, 6.45) is 1.53. The van der Waals surface area contributed by atoms with Gasteiger partial charge in [0.25, 0.3) is 5.78 Å². The molecule has 8 nitrogen and oxygen atoms in total. The lowest BCUT2D eigenvalue weighted by molar-refractivity contribution is 0.555. The van der Waals surface area contributed by atoms with Crippen LogP contribution in [0.1, 0.15) is 11.5 Å². The van der Waals surface area contributed by atoms with Gasteiger partial charge in [-0.1, -0.05) is 30.3 Å². The Hall–Kier alpha value is -3.29. The van der Waals surface area contributed by atoms with Crippen molar-refractivity contribution in [1.29, 1.82) is 0 Å². The fraction of sp³-hybridized carbons (Fsp3) is 0.235. The predicted octanol–water partition coefficient (Wildman–Crippen LogP) is 1.71. The quantitative estimate of drug-likeness (QED) is 0.556. The van der Waals surface area contributed by atoms with Gasteiger partial charge < -0.3 is 9.47 Å². The van der Waals surface area contributed by atoms with Crippen LogP contribution >= 0.6 is 0 Å². The minimum Gasteiger partial charge on any atom is -0.347 e. The van der Waals surface area contributed by atoms with E-state index in [1.807, 2.05) is 31.2 Å². The third-order valence-corrected chi connectivity index (χ3v) is 4.47. The van der Waals surface area contributed by atoms with E-state index in [0.29, 0.717) is 12.3 Å². The van der Waals surface area contributed by atoms with Crippen molar-refractivity contribution in [3.8, 4) is 11.4 Å². The minimum atomic E-state index is 0.618. The SMILES string of the molecule is Cc1cc(N2CCn3c(nnc3-c3ccccc3)C2)n2ncnc2n1. The lowest BCUT2D eigenvalue weighted by atomic mass is 10.2. The van der Waals surface area contributed by atoms with Gasteiger partial charge in [0, 0.05) is 30.4 Å². The molecule has 4 heterocycles. The number of fused-ring (bicyclic) bond motifs is 2. The molecule has 25 heavy (non-hydrogen) atoms. The molecule has 0 unspecified atom stereocenters. The van der Waals surface area contributed by atoms with Crippen LogP contribution in [0.15, 0.2) is 42.7 Å². The van der Waals surface area contributed by atoms with Crippen molar-refractivity contribution in [3.05, 3.63) is 54.2 Å². The molecule has 0 saturated heterocycles. The number of hydrogen-bond donors (Lipinski definition) is 0. The highest BCUT2D eigenvalue weighted by molar-refractivity contribution is 5.56. The van der Waals surface area contributed by atoms with Crippen LogP contribution < -0.4 is 4.90 Å². The molecule has 124 valence electrons. The second-order valence-electron chi connectivity index (χ2n) is 6.11. The van der Waals surface area contributed by atoms with Crippen LogP contribution in [0.2, 0.25) is 0 Å². The molecule has 0 amide bonds. The monoisotopic (exact) mass is 332 g/mol. The molecule has 0 N–H and O–H groups in total. The van der Waals surface area contributed by atoms with Crippen LogP contribution in [0.4, 0.5) is 5.82 Å². The molecule has 1 aliphatic rings. The molecule has 0 bridgehead atoms. The molecule has 0 radical (unpaired) electrons. The third kappa shape index (κ3) is 2.25. The van der Waals surface area contributed by atoms with E-state index in [4.69, 9.17) is 0 Å². The van der Waals surface area contributed by atoms with E-state index in [-0.39, 0.29) is 0 Å². The normalized spacial score (nSPS) is 14.0. The lowest BCUT2D eigenvalue weighted by Crippen LogP contribution is -2.35. The summed E-state index contributed by atoms with van der Waals surface area (Å²) in [5, 5.41) is 13.1. The molecule has 1 aromatic carbocycles. The van der Waals surface area contributed by atoms with E-state index in [2.05, 4.69) is 46.9 Å². The summed E-state index contributed by atoms with van der Waals surface area (Å²) in [5.41, 5.74) is 2.01. The fourth-order valence-electron chi connectivity index (χ4n) is 3.29. The van der Waals surface area contributed by atoms with E-state index in [1.165, 1.54) is 6.33 Å². The minimum absolute atomic E-state index is 0.618. The summed E-state index contributed by atoms with van der Waals surface area (Å²) < 4.78 is 3.97. The summed E-state index contributed by atoms with van der Waals surface area (Å²) in [6.45, 7) is 4.32. The van der Waals surface area contributed by atoms with Gasteiger partial charge in [0.1, 0.15) is 12.1 Å². The van der Waals surface area contributed by atoms with E-state index < -0.39 is 0 Å². The van der Waals surface area contributed by atoms with Crippen LogP contribution in [0.3, 0.4) is 0 Å². The second-order valence-corrected chi connectivity index (χ2v) is 6.11. The van der Waals surface area contributed by atoms with Crippen LogP contribution in [0.25, 0.3) is 17.2 Å². The molecule has 0 spiro atoms. The molecular formula is C17H16N8. The highest BCUT2D eigenvalue weighted by Gasteiger charge is 2.24. The average Bonchev–Trinajstić information content (AvgIpc) is 3.27. The zero-order valence-corrected chi connectivity index (χ0v) is 13.7. The number of hydrogen-bond acceptors (Lipinski definition) is 6. The van der Waals surface area contributed by atoms with Gasteiger partial charge in [0.15, 0.2) is 11.6 Å². The molecule has 0 atom stereocenters. The number of aryl methyl sites for hydroxylation is 1. The maximum atomic E-state index is 4.41. The summed E-state index contributed by atoms with van der Waals surface area (Å²) in [6, 6.07) is 12.2. The van der Waals surface area contributed by atoms with Gasteiger partial charge in [0.05, 0.1) is 6.54 Å². The van der Waals surface area contributed by atoms with Gasteiger partial charge >= 0.3 is 0 Å².